The van der Waals surface area contributed by atoms with E-state index < -0.39 is 11.8 Å². The topological polar surface area (TPSA) is 54.4 Å². The molecule has 0 unspecified atom stereocenters. The first-order valence-corrected chi connectivity index (χ1v) is 4.02. The molecule has 0 heterocycles. The first-order valence-electron chi connectivity index (χ1n) is 4.02. The Balaban J connectivity index is 3.14. The summed E-state index contributed by atoms with van der Waals surface area (Å²) in [4.78, 5) is 21.5. The van der Waals surface area contributed by atoms with Crippen LogP contribution >= 0.6 is 0 Å². The van der Waals surface area contributed by atoms with Gasteiger partial charge in [-0.05, 0) is 24.6 Å². The van der Waals surface area contributed by atoms with Crippen molar-refractivity contribution in [2.75, 3.05) is 0 Å². The summed E-state index contributed by atoms with van der Waals surface area (Å²) in [6, 6.07) is 3.52. The van der Waals surface area contributed by atoms with E-state index in [9.17, 15) is 14.0 Å². The zero-order valence-electron chi connectivity index (χ0n) is 7.58. The fourth-order valence-corrected chi connectivity index (χ4v) is 1.19. The van der Waals surface area contributed by atoms with Crippen molar-refractivity contribution in [3.05, 3.63) is 35.1 Å². The van der Waals surface area contributed by atoms with Gasteiger partial charge in [0.2, 0.25) is 0 Å². The third-order valence-corrected chi connectivity index (χ3v) is 1.79. The van der Waals surface area contributed by atoms with Crippen molar-refractivity contribution in [3.8, 4) is 0 Å². The van der Waals surface area contributed by atoms with Gasteiger partial charge in [0.05, 0.1) is 6.42 Å². The van der Waals surface area contributed by atoms with Crippen LogP contribution in [0.15, 0.2) is 18.2 Å². The van der Waals surface area contributed by atoms with Crippen molar-refractivity contribution in [1.82, 2.24) is 0 Å². The first-order chi connectivity index (χ1) is 6.50. The van der Waals surface area contributed by atoms with Crippen LogP contribution in [0, 0.1) is 5.82 Å². The monoisotopic (exact) mass is 196 g/mol. The van der Waals surface area contributed by atoms with Crippen LogP contribution in [0.25, 0.3) is 0 Å². The zero-order chi connectivity index (χ0) is 10.7. The highest BCUT2D eigenvalue weighted by Crippen LogP contribution is 2.12. The lowest BCUT2D eigenvalue weighted by molar-refractivity contribution is -0.136. The number of aliphatic carboxylic acids is 1. The van der Waals surface area contributed by atoms with Gasteiger partial charge in [-0.3, -0.25) is 9.59 Å². The van der Waals surface area contributed by atoms with Crippen LogP contribution in [-0.4, -0.2) is 16.9 Å². The number of rotatable bonds is 3. The third kappa shape index (κ3) is 2.39. The molecule has 0 fully saturated rings. The molecule has 0 aromatic heterocycles. The summed E-state index contributed by atoms with van der Waals surface area (Å²) >= 11 is 0. The number of carbonyl (C=O) groups excluding carboxylic acids is 1. The summed E-state index contributed by atoms with van der Waals surface area (Å²) in [7, 11) is 0. The van der Waals surface area contributed by atoms with E-state index in [2.05, 4.69) is 0 Å². The maximum Gasteiger partial charge on any atom is 0.307 e. The summed E-state index contributed by atoms with van der Waals surface area (Å²) in [5.74, 6) is -1.91. The Bertz CT molecular complexity index is 385. The molecule has 0 amide bonds. The molecular weight excluding hydrogens is 187 g/mol. The quantitative estimate of drug-likeness (QED) is 0.748. The molecule has 0 saturated carbocycles. The molecule has 0 bridgehead atoms. The molecule has 74 valence electrons. The highest BCUT2D eigenvalue weighted by atomic mass is 19.1. The standard InChI is InChI=1S/C10H9FO3/c1-6(12)9-5-8(11)3-2-7(9)4-10(13)14/h2-3,5H,4H2,1H3,(H,13,14). The van der Waals surface area contributed by atoms with Gasteiger partial charge in [0, 0.05) is 5.56 Å². The van der Waals surface area contributed by atoms with Gasteiger partial charge in [0.15, 0.2) is 5.78 Å². The molecule has 4 heteroatoms. The van der Waals surface area contributed by atoms with E-state index in [1.165, 1.54) is 13.0 Å². The molecule has 1 rings (SSSR count). The highest BCUT2D eigenvalue weighted by Gasteiger charge is 2.11. The van der Waals surface area contributed by atoms with Crippen molar-refractivity contribution in [2.24, 2.45) is 0 Å². The Morgan fingerprint density at radius 2 is 2.07 bits per heavy atom. The lowest BCUT2D eigenvalue weighted by Crippen LogP contribution is -2.06. The molecule has 0 aliphatic heterocycles. The summed E-state index contributed by atoms with van der Waals surface area (Å²) in [6.45, 7) is 1.28. The minimum Gasteiger partial charge on any atom is -0.481 e. The van der Waals surface area contributed by atoms with Crippen LogP contribution < -0.4 is 0 Å². The maximum atomic E-state index is 12.7. The molecule has 0 saturated heterocycles. The Labute approximate surface area is 80.2 Å². The summed E-state index contributed by atoms with van der Waals surface area (Å²) in [5.41, 5.74) is 0.471. The van der Waals surface area contributed by atoms with Crippen LogP contribution in [-0.2, 0) is 11.2 Å². The first kappa shape index (κ1) is 10.4. The molecule has 0 spiro atoms. The maximum absolute atomic E-state index is 12.7. The lowest BCUT2D eigenvalue weighted by Gasteiger charge is -2.03. The van der Waals surface area contributed by atoms with E-state index in [1.807, 2.05) is 0 Å². The van der Waals surface area contributed by atoms with Gasteiger partial charge in [-0.2, -0.15) is 0 Å². The van der Waals surface area contributed by atoms with E-state index >= 15 is 0 Å². The van der Waals surface area contributed by atoms with Crippen molar-refractivity contribution in [3.63, 3.8) is 0 Å². The van der Waals surface area contributed by atoms with E-state index in [-0.39, 0.29) is 17.8 Å². The SMILES string of the molecule is CC(=O)c1cc(F)ccc1CC(=O)O. The molecule has 0 atom stereocenters. The second-order valence-electron chi connectivity index (χ2n) is 2.93. The molecule has 14 heavy (non-hydrogen) atoms. The fourth-order valence-electron chi connectivity index (χ4n) is 1.19. The molecule has 0 radical (unpaired) electrons. The zero-order valence-corrected chi connectivity index (χ0v) is 7.58. The average molecular weight is 196 g/mol. The summed E-state index contributed by atoms with van der Waals surface area (Å²) in [5, 5.41) is 8.54. The molecular formula is C10H9FO3. The van der Waals surface area contributed by atoms with Gasteiger partial charge < -0.3 is 5.11 Å². The minimum atomic E-state index is -1.04. The van der Waals surface area contributed by atoms with E-state index in [1.54, 1.807) is 0 Å². The van der Waals surface area contributed by atoms with Gasteiger partial charge in [-0.25, -0.2) is 4.39 Å². The van der Waals surface area contributed by atoms with E-state index in [4.69, 9.17) is 5.11 Å². The van der Waals surface area contributed by atoms with Crippen LogP contribution in [0.2, 0.25) is 0 Å². The number of Topliss-reactive ketones (excluding diaryl/α,β-unsaturated/α-hetero) is 1. The van der Waals surface area contributed by atoms with Gasteiger partial charge in [0.25, 0.3) is 0 Å². The third-order valence-electron chi connectivity index (χ3n) is 1.79. The summed E-state index contributed by atoms with van der Waals surface area (Å²) < 4.78 is 12.7. The van der Waals surface area contributed by atoms with Crippen molar-refractivity contribution < 1.29 is 19.1 Å². The summed E-state index contributed by atoms with van der Waals surface area (Å²) in [6.07, 6.45) is -0.269. The number of carbonyl (C=O) groups is 2. The minimum absolute atomic E-state index is 0.132. The number of hydrogen-bond acceptors (Lipinski definition) is 2. The molecule has 1 aromatic rings. The predicted octanol–water partition coefficient (Wildman–Crippen LogP) is 1.66. The van der Waals surface area contributed by atoms with Crippen molar-refractivity contribution in [1.29, 1.82) is 0 Å². The second kappa shape index (κ2) is 4.00. The van der Waals surface area contributed by atoms with Gasteiger partial charge in [-0.15, -0.1) is 0 Å². The number of carboxylic acid groups (broad SMARTS) is 1. The Morgan fingerprint density at radius 3 is 2.57 bits per heavy atom. The van der Waals surface area contributed by atoms with Crippen LogP contribution in [0.5, 0.6) is 0 Å². The van der Waals surface area contributed by atoms with Gasteiger partial charge in [-0.1, -0.05) is 6.07 Å². The second-order valence-corrected chi connectivity index (χ2v) is 2.93. The normalized spacial score (nSPS) is 9.86. The average Bonchev–Trinajstić information content (AvgIpc) is 2.07. The predicted molar refractivity (Wildman–Crippen MR) is 47.7 cm³/mol. The number of halogens is 1. The molecule has 3 nitrogen and oxygen atoms in total. The van der Waals surface area contributed by atoms with Crippen LogP contribution in [0.4, 0.5) is 4.39 Å². The highest BCUT2D eigenvalue weighted by molar-refractivity contribution is 5.96. The van der Waals surface area contributed by atoms with Crippen LogP contribution in [0.1, 0.15) is 22.8 Å². The Kier molecular flexibility index (Phi) is 2.96. The van der Waals surface area contributed by atoms with Crippen LogP contribution in [0.3, 0.4) is 0 Å². The Hall–Kier alpha value is -1.71. The van der Waals surface area contributed by atoms with E-state index in [0.29, 0.717) is 5.56 Å². The number of carboxylic acids is 1. The number of hydrogen-bond donors (Lipinski definition) is 1. The molecule has 0 aliphatic rings. The largest absolute Gasteiger partial charge is 0.481 e. The van der Waals surface area contributed by atoms with Crippen molar-refractivity contribution in [2.45, 2.75) is 13.3 Å². The smallest absolute Gasteiger partial charge is 0.307 e. The van der Waals surface area contributed by atoms with Crippen molar-refractivity contribution >= 4 is 11.8 Å². The van der Waals surface area contributed by atoms with Gasteiger partial charge >= 0.3 is 5.97 Å². The molecule has 1 aromatic carbocycles. The van der Waals surface area contributed by atoms with E-state index in [0.717, 1.165) is 12.1 Å². The fraction of sp³-hybridized carbons (Fsp3) is 0.200. The number of benzene rings is 1. The Morgan fingerprint density at radius 1 is 1.43 bits per heavy atom. The molecule has 1 N–H and O–H groups in total. The number of ketones is 1. The van der Waals surface area contributed by atoms with Gasteiger partial charge in [0.1, 0.15) is 5.82 Å². The lowest BCUT2D eigenvalue weighted by atomic mass is 10.0. The molecule has 0 aliphatic carbocycles.